The predicted molar refractivity (Wildman–Crippen MR) is 54.0 cm³/mol. The Morgan fingerprint density at radius 1 is 1.20 bits per heavy atom. The van der Waals surface area contributed by atoms with Gasteiger partial charge in [0.25, 0.3) is 0 Å². The maximum Gasteiger partial charge on any atom is 0.195 e. The van der Waals surface area contributed by atoms with Crippen LogP contribution in [0.5, 0.6) is 0 Å². The van der Waals surface area contributed by atoms with Gasteiger partial charge in [0.15, 0.2) is 5.11 Å². The van der Waals surface area contributed by atoms with Gasteiger partial charge in [-0.15, -0.1) is 0 Å². The van der Waals surface area contributed by atoms with Gasteiger partial charge in [0.05, 0.1) is 6.61 Å². The average Bonchev–Trinajstić information content (AvgIpc) is 2.27. The lowest BCUT2D eigenvalue weighted by molar-refractivity contribution is -0.0934. The van der Waals surface area contributed by atoms with Gasteiger partial charge in [0.2, 0.25) is 0 Å². The monoisotopic (exact) mass is 238 g/mol. The summed E-state index contributed by atoms with van der Waals surface area (Å²) in [6.07, 6.45) is -4.96. The van der Waals surface area contributed by atoms with Crippen molar-refractivity contribution in [3.05, 3.63) is 0 Å². The second-order valence-electron chi connectivity index (χ2n) is 3.08. The van der Waals surface area contributed by atoms with E-state index in [0.29, 0.717) is 0 Å². The minimum atomic E-state index is -1.48. The molecule has 0 aromatic rings. The summed E-state index contributed by atoms with van der Waals surface area (Å²) in [5.74, 6) is 0. The Labute approximate surface area is 91.2 Å². The third kappa shape index (κ3) is 3.21. The first-order valence-corrected chi connectivity index (χ1v) is 4.69. The molecule has 1 aliphatic rings. The van der Waals surface area contributed by atoms with Crippen LogP contribution in [0.4, 0.5) is 0 Å². The van der Waals surface area contributed by atoms with E-state index in [4.69, 9.17) is 22.4 Å². The zero-order valence-electron chi connectivity index (χ0n) is 7.71. The van der Waals surface area contributed by atoms with Crippen LogP contribution in [-0.2, 0) is 0 Å². The van der Waals surface area contributed by atoms with Crippen molar-refractivity contribution in [2.24, 2.45) is 0 Å². The minimum Gasteiger partial charge on any atom is -0.394 e. The maximum absolute atomic E-state index is 9.56. The van der Waals surface area contributed by atoms with Crippen LogP contribution in [0.15, 0.2) is 0 Å². The lowest BCUT2D eigenvalue weighted by atomic mass is 10.1. The van der Waals surface area contributed by atoms with E-state index in [1.807, 2.05) is 0 Å². The van der Waals surface area contributed by atoms with E-state index < -0.39 is 31.1 Å². The molecule has 0 saturated carbocycles. The van der Waals surface area contributed by atoms with Gasteiger partial charge in [-0.3, -0.25) is 10.9 Å². The van der Waals surface area contributed by atoms with Crippen LogP contribution in [0.1, 0.15) is 0 Å². The zero-order chi connectivity index (χ0) is 11.4. The summed E-state index contributed by atoms with van der Waals surface area (Å²) < 4.78 is 0. The quantitative estimate of drug-likeness (QED) is 0.230. The summed E-state index contributed by atoms with van der Waals surface area (Å²) in [4.78, 5) is 0. The van der Waals surface area contributed by atoms with Crippen LogP contribution in [0, 0.1) is 0 Å². The molecule has 0 aliphatic carbocycles. The molecule has 0 bridgehead atoms. The van der Waals surface area contributed by atoms with Gasteiger partial charge in [-0.2, -0.15) is 0 Å². The topological polar surface area (TPSA) is 129 Å². The van der Waals surface area contributed by atoms with Crippen molar-refractivity contribution >= 4 is 17.3 Å². The fourth-order valence-electron chi connectivity index (χ4n) is 1.06. The van der Waals surface area contributed by atoms with E-state index in [9.17, 15) is 10.2 Å². The largest absolute Gasteiger partial charge is 0.394 e. The van der Waals surface area contributed by atoms with E-state index in [-0.39, 0.29) is 5.11 Å². The van der Waals surface area contributed by atoms with Crippen LogP contribution < -0.4 is 21.7 Å². The van der Waals surface area contributed by atoms with Crippen LogP contribution >= 0.6 is 12.2 Å². The van der Waals surface area contributed by atoms with Crippen LogP contribution in [0.25, 0.3) is 0 Å². The van der Waals surface area contributed by atoms with E-state index in [1.54, 1.807) is 0 Å². The Kier molecular flexibility index (Phi) is 4.60. The molecule has 1 saturated heterocycles. The number of nitrogens with one attached hydrogen (secondary N) is 4. The van der Waals surface area contributed by atoms with Gasteiger partial charge >= 0.3 is 0 Å². The molecule has 0 amide bonds. The van der Waals surface area contributed by atoms with Crippen molar-refractivity contribution in [1.82, 2.24) is 21.7 Å². The third-order valence-electron chi connectivity index (χ3n) is 1.96. The van der Waals surface area contributed by atoms with Crippen molar-refractivity contribution < 1.29 is 20.4 Å². The first-order valence-electron chi connectivity index (χ1n) is 4.28. The van der Waals surface area contributed by atoms with Crippen LogP contribution in [0.3, 0.4) is 0 Å². The zero-order valence-corrected chi connectivity index (χ0v) is 8.53. The fourth-order valence-corrected chi connectivity index (χ4v) is 1.18. The molecule has 1 aliphatic heterocycles. The Morgan fingerprint density at radius 2 is 1.73 bits per heavy atom. The lowest BCUT2D eigenvalue weighted by Crippen LogP contribution is -2.71. The molecule has 8 N–H and O–H groups in total. The summed E-state index contributed by atoms with van der Waals surface area (Å²) in [6.45, 7) is -0.635. The molecule has 8 nitrogen and oxygen atoms in total. The van der Waals surface area contributed by atoms with E-state index in [1.165, 1.54) is 0 Å². The molecular weight excluding hydrogens is 224 g/mol. The van der Waals surface area contributed by atoms with Gasteiger partial charge in [0.1, 0.15) is 24.5 Å². The standard InChI is InChI=1S/C6H14N4O4S/c11-1-2(12)3(13)4(14)5-7-9-6(15)10-8-5/h2-5,7-8,11-14H,1H2,(H2,9,10,15)/t2-,3+,4+/m1/s1. The molecule has 0 radical (unpaired) electrons. The van der Waals surface area contributed by atoms with Crippen LogP contribution in [-0.4, -0.2) is 56.6 Å². The molecule has 1 rings (SSSR count). The normalized spacial score (nSPS) is 23.9. The summed E-state index contributed by atoms with van der Waals surface area (Å²) in [7, 11) is 0. The SMILES string of the molecule is OC[C@@H](O)[C@H](O)[C@H](O)C1NNC(=S)NN1. The Hall–Kier alpha value is -0.550. The minimum absolute atomic E-state index is 0.288. The Balaban J connectivity index is 2.45. The molecule has 3 atom stereocenters. The highest BCUT2D eigenvalue weighted by Gasteiger charge is 2.32. The molecule has 1 fully saturated rings. The van der Waals surface area contributed by atoms with E-state index in [2.05, 4.69) is 21.7 Å². The molecular formula is C6H14N4O4S. The smallest absolute Gasteiger partial charge is 0.195 e. The first-order chi connectivity index (χ1) is 7.06. The van der Waals surface area contributed by atoms with Gasteiger partial charge < -0.3 is 20.4 Å². The summed E-state index contributed by atoms with van der Waals surface area (Å²) in [6, 6.07) is 0. The number of hydrogen-bond donors (Lipinski definition) is 8. The van der Waals surface area contributed by atoms with Gasteiger partial charge in [0, 0.05) is 0 Å². The van der Waals surface area contributed by atoms with Crippen molar-refractivity contribution in [3.63, 3.8) is 0 Å². The molecule has 88 valence electrons. The first kappa shape index (κ1) is 12.5. The molecule has 0 spiro atoms. The lowest BCUT2D eigenvalue weighted by Gasteiger charge is -2.34. The highest BCUT2D eigenvalue weighted by molar-refractivity contribution is 7.80. The number of aliphatic hydroxyl groups excluding tert-OH is 4. The maximum atomic E-state index is 9.56. The fraction of sp³-hybridized carbons (Fsp3) is 0.833. The number of hydrogen-bond acceptors (Lipinski definition) is 7. The highest BCUT2D eigenvalue weighted by atomic mass is 32.1. The molecule has 9 heteroatoms. The van der Waals surface area contributed by atoms with Crippen LogP contribution in [0.2, 0.25) is 0 Å². The number of hydrazine groups is 2. The number of rotatable bonds is 4. The van der Waals surface area contributed by atoms with Crippen molar-refractivity contribution in [1.29, 1.82) is 0 Å². The molecule has 0 aromatic carbocycles. The Bertz CT molecular complexity index is 221. The summed E-state index contributed by atoms with van der Waals surface area (Å²) in [5.41, 5.74) is 10.2. The summed E-state index contributed by atoms with van der Waals surface area (Å²) >= 11 is 4.70. The molecule has 0 unspecified atom stereocenters. The predicted octanol–water partition coefficient (Wildman–Crippen LogP) is -4.13. The average molecular weight is 238 g/mol. The number of thiocarbonyl (C=S) groups is 1. The molecule has 15 heavy (non-hydrogen) atoms. The second-order valence-corrected chi connectivity index (χ2v) is 3.48. The number of aliphatic hydroxyl groups is 4. The van der Waals surface area contributed by atoms with Gasteiger partial charge in [-0.05, 0) is 12.2 Å². The Morgan fingerprint density at radius 3 is 2.20 bits per heavy atom. The third-order valence-corrected chi connectivity index (χ3v) is 2.16. The van der Waals surface area contributed by atoms with Gasteiger partial charge in [-0.25, -0.2) is 10.9 Å². The van der Waals surface area contributed by atoms with E-state index >= 15 is 0 Å². The molecule has 0 aromatic heterocycles. The molecule has 1 heterocycles. The second kappa shape index (κ2) is 5.51. The van der Waals surface area contributed by atoms with Gasteiger partial charge in [-0.1, -0.05) is 0 Å². The van der Waals surface area contributed by atoms with Crippen molar-refractivity contribution in [2.75, 3.05) is 6.61 Å². The van der Waals surface area contributed by atoms with E-state index in [0.717, 1.165) is 0 Å². The summed E-state index contributed by atoms with van der Waals surface area (Å²) in [5, 5.41) is 36.9. The van der Waals surface area contributed by atoms with Crippen molar-refractivity contribution in [2.45, 2.75) is 24.5 Å². The van der Waals surface area contributed by atoms with Crippen molar-refractivity contribution in [3.8, 4) is 0 Å². The highest BCUT2D eigenvalue weighted by Crippen LogP contribution is 2.03.